The third-order valence-corrected chi connectivity index (χ3v) is 14.0. The molecule has 2 fully saturated rings. The van der Waals surface area contributed by atoms with Crippen LogP contribution in [0.1, 0.15) is 45.7 Å². The smallest absolute Gasteiger partial charge is 0.341 e. The molecule has 2 saturated heterocycles. The highest BCUT2D eigenvalue weighted by Gasteiger charge is 2.25. The van der Waals surface area contributed by atoms with Crippen molar-refractivity contribution in [2.75, 3.05) is 75.2 Å². The van der Waals surface area contributed by atoms with Gasteiger partial charge in [0.25, 0.3) is 0 Å². The number of aromatic carboxylic acids is 2. The maximum Gasteiger partial charge on any atom is 0.341 e. The summed E-state index contributed by atoms with van der Waals surface area (Å²) in [5.41, 5.74) is 2.70. The number of anilines is 2. The summed E-state index contributed by atoms with van der Waals surface area (Å²) < 4.78 is 33.6. The van der Waals surface area contributed by atoms with Gasteiger partial charge < -0.3 is 29.1 Å². The van der Waals surface area contributed by atoms with E-state index in [4.69, 9.17) is 0 Å². The molecule has 0 unspecified atom stereocenters. The summed E-state index contributed by atoms with van der Waals surface area (Å²) >= 11 is 0. The summed E-state index contributed by atoms with van der Waals surface area (Å²) in [6.07, 6.45) is 4.61. The number of nitrogens with zero attached hydrogens (tertiary/aromatic N) is 6. The van der Waals surface area contributed by atoms with E-state index < -0.39 is 34.4 Å². The lowest BCUT2D eigenvalue weighted by Crippen LogP contribution is -2.47. The van der Waals surface area contributed by atoms with E-state index in [1.54, 1.807) is 21.3 Å². The van der Waals surface area contributed by atoms with Gasteiger partial charge in [0.2, 0.25) is 10.9 Å². The normalized spacial score (nSPS) is 14.4. The van der Waals surface area contributed by atoms with Crippen LogP contribution in [0.4, 0.5) is 20.2 Å². The van der Waals surface area contributed by atoms with Gasteiger partial charge in [-0.1, -0.05) is 84.9 Å². The first-order valence-corrected chi connectivity index (χ1v) is 24.0. The molecule has 0 radical (unpaired) electrons. The van der Waals surface area contributed by atoms with Crippen LogP contribution in [0, 0.1) is 11.6 Å². The van der Waals surface area contributed by atoms with Crippen LogP contribution in [0.25, 0.3) is 43.4 Å². The molecule has 0 amide bonds. The number of fused-ring (bicyclic) bond motifs is 4. The van der Waals surface area contributed by atoms with Gasteiger partial charge in [-0.2, -0.15) is 0 Å². The van der Waals surface area contributed by atoms with Gasteiger partial charge in [0, 0.05) is 102 Å². The number of aryl methyl sites for hydroxylation is 2. The highest BCUT2D eigenvalue weighted by Crippen LogP contribution is 2.29. The first-order chi connectivity index (χ1) is 33.9. The molecule has 12 nitrogen and oxygen atoms in total. The van der Waals surface area contributed by atoms with Crippen molar-refractivity contribution < 1.29 is 28.6 Å². The largest absolute Gasteiger partial charge is 0.477 e. The second kappa shape index (κ2) is 21.9. The van der Waals surface area contributed by atoms with Crippen LogP contribution in [-0.4, -0.2) is 107 Å². The lowest BCUT2D eigenvalue weighted by molar-refractivity contribution is 0.0684. The fraction of sp³-hybridized carbons (Fsp3) is 0.286. The Bertz CT molecular complexity index is 3170. The zero-order valence-corrected chi connectivity index (χ0v) is 40.6. The maximum absolute atomic E-state index is 15.1. The van der Waals surface area contributed by atoms with Crippen LogP contribution >= 0.6 is 12.4 Å². The Hall–Kier alpha value is -7.13. The maximum atomic E-state index is 15.1. The molecule has 2 aliphatic heterocycles. The lowest BCUT2D eigenvalue weighted by atomic mass is 10.0. The van der Waals surface area contributed by atoms with Crippen molar-refractivity contribution in [3.05, 3.63) is 176 Å². The summed E-state index contributed by atoms with van der Waals surface area (Å²) in [7, 11) is 0. The summed E-state index contributed by atoms with van der Waals surface area (Å²) in [6, 6.07) is 35.5. The van der Waals surface area contributed by atoms with Crippen molar-refractivity contribution in [1.82, 2.24) is 18.9 Å². The number of carboxylic acid groups (broad SMARTS) is 2. The number of benzene rings is 6. The highest BCUT2D eigenvalue weighted by atomic mass is 35.5. The Morgan fingerprint density at radius 3 is 1.24 bits per heavy atom. The number of aromatic nitrogens is 2. The molecule has 0 atom stereocenters. The first kappa shape index (κ1) is 50.3. The minimum absolute atomic E-state index is 0. The van der Waals surface area contributed by atoms with Gasteiger partial charge in [0.15, 0.2) is 0 Å². The van der Waals surface area contributed by atoms with Crippen molar-refractivity contribution in [3.63, 3.8) is 0 Å². The molecule has 4 heterocycles. The number of carboxylic acids is 2. The molecule has 10 rings (SSSR count). The Balaban J connectivity index is 0.000000188. The van der Waals surface area contributed by atoms with E-state index in [9.17, 15) is 29.4 Å². The number of carbonyl (C=O) groups is 2. The van der Waals surface area contributed by atoms with Crippen LogP contribution in [0.5, 0.6) is 0 Å². The molecular formula is C56H57ClF2N6O6. The SMILES string of the molecule is CCn1cc(C(=O)O)c(=O)c2cc(F)c(N3CCN(CCc4cccc5ccccc45)CC3)cc21.CCn1cc(C(=O)O)c(=O)c2cc(F)c(N3CCN(CCc4cccc5ccccc45)CC3)cc21.Cl. The van der Waals surface area contributed by atoms with E-state index in [1.807, 2.05) is 23.6 Å². The second-order valence-electron chi connectivity index (χ2n) is 18.0. The van der Waals surface area contributed by atoms with Crippen LogP contribution < -0.4 is 20.7 Å². The fourth-order valence-electron chi connectivity index (χ4n) is 10.1. The van der Waals surface area contributed by atoms with Crippen molar-refractivity contribution in [2.24, 2.45) is 0 Å². The third-order valence-electron chi connectivity index (χ3n) is 14.0. The molecule has 2 aromatic heterocycles. The Kier molecular flexibility index (Phi) is 15.5. The Morgan fingerprint density at radius 1 is 0.507 bits per heavy atom. The Morgan fingerprint density at radius 2 is 0.873 bits per heavy atom. The molecule has 6 aromatic carbocycles. The van der Waals surface area contributed by atoms with Gasteiger partial charge in [-0.15, -0.1) is 12.4 Å². The molecule has 15 heteroatoms. The minimum Gasteiger partial charge on any atom is -0.477 e. The first-order valence-electron chi connectivity index (χ1n) is 24.0. The van der Waals surface area contributed by atoms with Gasteiger partial charge in [-0.3, -0.25) is 19.4 Å². The highest BCUT2D eigenvalue weighted by molar-refractivity contribution is 5.95. The number of hydrogen-bond donors (Lipinski definition) is 2. The van der Waals surface area contributed by atoms with Gasteiger partial charge in [-0.25, -0.2) is 18.4 Å². The molecule has 2 aliphatic rings. The standard InChI is InChI=1S/2C28H28FN3O3.ClH/c2*1-2-31-18-23(28(34)35)27(33)22-16-24(29)26(17-25(22)31)32-14-12-30(13-15-32)11-10-20-8-5-7-19-6-3-4-9-21(19)20;/h2*3-9,16-18H,2,10-15H2,1H3,(H,34,35);1H. The van der Waals surface area contributed by atoms with E-state index in [2.05, 4.69) is 94.7 Å². The van der Waals surface area contributed by atoms with E-state index in [0.29, 0.717) is 61.7 Å². The van der Waals surface area contributed by atoms with E-state index in [1.165, 1.54) is 57.2 Å². The number of pyridine rings is 2. The zero-order valence-electron chi connectivity index (χ0n) is 39.8. The monoisotopic (exact) mass is 982 g/mol. The molecule has 0 bridgehead atoms. The molecule has 0 spiro atoms. The topological polar surface area (TPSA) is 132 Å². The Labute approximate surface area is 416 Å². The van der Waals surface area contributed by atoms with Crippen LogP contribution in [0.2, 0.25) is 0 Å². The molecule has 0 saturated carbocycles. The number of hydrogen-bond acceptors (Lipinski definition) is 8. The summed E-state index contributed by atoms with van der Waals surface area (Å²) in [5.74, 6) is -3.60. The third kappa shape index (κ3) is 10.5. The molecule has 368 valence electrons. The predicted octanol–water partition coefficient (Wildman–Crippen LogP) is 9.18. The van der Waals surface area contributed by atoms with Crippen LogP contribution in [0.15, 0.2) is 131 Å². The van der Waals surface area contributed by atoms with E-state index in [-0.39, 0.29) is 34.3 Å². The quantitative estimate of drug-likeness (QED) is 0.122. The van der Waals surface area contributed by atoms with Crippen molar-refractivity contribution in [1.29, 1.82) is 0 Å². The fourth-order valence-corrected chi connectivity index (χ4v) is 10.1. The summed E-state index contributed by atoms with van der Waals surface area (Å²) in [4.78, 5) is 57.0. The van der Waals surface area contributed by atoms with Gasteiger partial charge >= 0.3 is 11.9 Å². The van der Waals surface area contributed by atoms with Crippen LogP contribution in [-0.2, 0) is 25.9 Å². The van der Waals surface area contributed by atoms with Crippen molar-refractivity contribution in [2.45, 2.75) is 39.8 Å². The molecule has 2 N–H and O–H groups in total. The summed E-state index contributed by atoms with van der Waals surface area (Å²) in [6.45, 7) is 12.6. The number of halogens is 3. The zero-order chi connectivity index (χ0) is 49.1. The van der Waals surface area contributed by atoms with E-state index in [0.717, 1.165) is 52.1 Å². The predicted molar refractivity (Wildman–Crippen MR) is 281 cm³/mol. The van der Waals surface area contributed by atoms with Crippen molar-refractivity contribution >= 4 is 79.1 Å². The number of rotatable bonds is 12. The van der Waals surface area contributed by atoms with Gasteiger partial charge in [0.1, 0.15) is 22.8 Å². The molecule has 0 aliphatic carbocycles. The number of piperazine rings is 2. The minimum atomic E-state index is -1.30. The molecular weight excluding hydrogens is 926 g/mol. The van der Waals surface area contributed by atoms with Gasteiger partial charge in [-0.05, 0) is 83.6 Å². The summed E-state index contributed by atoms with van der Waals surface area (Å²) in [5, 5.41) is 24.0. The second-order valence-corrected chi connectivity index (χ2v) is 18.0. The average Bonchev–Trinajstić information content (AvgIpc) is 3.38. The van der Waals surface area contributed by atoms with Crippen molar-refractivity contribution in [3.8, 4) is 0 Å². The molecule has 71 heavy (non-hydrogen) atoms. The lowest BCUT2D eigenvalue weighted by Gasteiger charge is -2.36. The molecule has 8 aromatic rings. The van der Waals surface area contributed by atoms with E-state index >= 15 is 8.78 Å². The van der Waals surface area contributed by atoms with Crippen LogP contribution in [0.3, 0.4) is 0 Å². The average molecular weight is 984 g/mol. The van der Waals surface area contributed by atoms with Gasteiger partial charge in [0.05, 0.1) is 22.4 Å².